The summed E-state index contributed by atoms with van der Waals surface area (Å²) >= 11 is 11.5. The van der Waals surface area contributed by atoms with E-state index in [1.807, 2.05) is 6.07 Å². The van der Waals surface area contributed by atoms with Crippen LogP contribution in [0.2, 0.25) is 5.02 Å². The van der Waals surface area contributed by atoms with E-state index >= 15 is 0 Å². The number of benzene rings is 2. The van der Waals surface area contributed by atoms with Gasteiger partial charge in [-0.1, -0.05) is 33.6 Å². The van der Waals surface area contributed by atoms with E-state index in [4.69, 9.17) is 11.6 Å². The van der Waals surface area contributed by atoms with Crippen molar-refractivity contribution < 1.29 is 8.78 Å². The van der Waals surface area contributed by atoms with Crippen molar-refractivity contribution in [1.29, 1.82) is 0 Å². The maximum Gasteiger partial charge on any atom is 0.130 e. The molecule has 0 aromatic heterocycles. The van der Waals surface area contributed by atoms with Crippen LogP contribution in [0.15, 0.2) is 36.4 Å². The van der Waals surface area contributed by atoms with Crippen LogP contribution in [-0.4, -0.2) is 0 Å². The van der Waals surface area contributed by atoms with Crippen LogP contribution in [-0.2, 0) is 0 Å². The third-order valence-electron chi connectivity index (χ3n) is 2.47. The fourth-order valence-electron chi connectivity index (χ4n) is 1.58. The topological polar surface area (TPSA) is 0 Å². The van der Waals surface area contributed by atoms with Crippen molar-refractivity contribution in [3.63, 3.8) is 0 Å². The second-order valence-electron chi connectivity index (χ2n) is 3.69. The smallest absolute Gasteiger partial charge is 0.130 e. The van der Waals surface area contributed by atoms with Crippen molar-refractivity contribution in [1.82, 2.24) is 0 Å². The third kappa shape index (κ3) is 3.03. The van der Waals surface area contributed by atoms with Crippen LogP contribution < -0.4 is 0 Å². The van der Waals surface area contributed by atoms with Crippen LogP contribution in [0.1, 0.15) is 16.0 Å². The van der Waals surface area contributed by atoms with Gasteiger partial charge in [0, 0.05) is 20.2 Å². The maximum absolute atomic E-state index is 13.7. The van der Waals surface area contributed by atoms with Crippen LogP contribution >= 0.6 is 50.1 Å². The van der Waals surface area contributed by atoms with Gasteiger partial charge in [-0.15, -0.1) is 0 Å². The molecule has 94 valence electrons. The first kappa shape index (κ1) is 14.2. The molecule has 1 unspecified atom stereocenters. The molecular weight excluding hydrogens is 436 g/mol. The summed E-state index contributed by atoms with van der Waals surface area (Å²) in [5.41, 5.74) is 1.24. The minimum Gasteiger partial charge on any atom is -0.207 e. The molecule has 0 nitrogen and oxygen atoms in total. The number of hydrogen-bond acceptors (Lipinski definition) is 0. The molecule has 5 heteroatoms. The highest BCUT2D eigenvalue weighted by atomic mass is 127. The molecule has 0 aliphatic heterocycles. The van der Waals surface area contributed by atoms with E-state index < -0.39 is 11.6 Å². The van der Waals surface area contributed by atoms with Crippen molar-refractivity contribution >= 4 is 50.1 Å². The van der Waals surface area contributed by atoms with Gasteiger partial charge in [-0.2, -0.15) is 0 Å². The Balaban J connectivity index is 2.47. The summed E-state index contributed by atoms with van der Waals surface area (Å²) in [6.45, 7) is 0. The van der Waals surface area contributed by atoms with E-state index in [2.05, 4.69) is 38.5 Å². The molecule has 0 amide bonds. The van der Waals surface area contributed by atoms with Gasteiger partial charge in [0.25, 0.3) is 0 Å². The van der Waals surface area contributed by atoms with E-state index in [0.29, 0.717) is 10.6 Å². The van der Waals surface area contributed by atoms with Crippen molar-refractivity contribution in [2.75, 3.05) is 0 Å². The highest BCUT2D eigenvalue weighted by Gasteiger charge is 2.18. The lowest BCUT2D eigenvalue weighted by Crippen LogP contribution is -1.99. The average molecular weight is 443 g/mol. The number of rotatable bonds is 2. The third-order valence-corrected chi connectivity index (χ3v) is 4.67. The highest BCUT2D eigenvalue weighted by molar-refractivity contribution is 14.1. The van der Waals surface area contributed by atoms with Gasteiger partial charge < -0.3 is 0 Å². The summed E-state index contributed by atoms with van der Waals surface area (Å²) in [6, 6.07) is 8.94. The van der Waals surface area contributed by atoms with Gasteiger partial charge in [-0.3, -0.25) is 0 Å². The molecule has 0 bridgehead atoms. The Morgan fingerprint density at radius 2 is 1.78 bits per heavy atom. The van der Waals surface area contributed by atoms with Gasteiger partial charge in [-0.25, -0.2) is 8.78 Å². The Morgan fingerprint density at radius 3 is 2.44 bits per heavy atom. The summed E-state index contributed by atoms with van der Waals surface area (Å²) in [5, 5.41) is 0.581. The van der Waals surface area contributed by atoms with E-state index in [1.54, 1.807) is 12.1 Å². The normalized spacial score (nSPS) is 12.5. The number of hydrogen-bond donors (Lipinski definition) is 0. The Kier molecular flexibility index (Phi) is 4.61. The van der Waals surface area contributed by atoms with Crippen molar-refractivity contribution in [2.45, 2.75) is 4.83 Å². The summed E-state index contributed by atoms with van der Waals surface area (Å²) in [7, 11) is 0. The first-order valence-electron chi connectivity index (χ1n) is 5.03. The fraction of sp³-hybridized carbons (Fsp3) is 0.0769. The molecule has 0 saturated heterocycles. The molecule has 1 atom stereocenters. The maximum atomic E-state index is 13.7. The zero-order valence-electron chi connectivity index (χ0n) is 8.93. The average Bonchev–Trinajstić information content (AvgIpc) is 2.31. The molecule has 18 heavy (non-hydrogen) atoms. The minimum absolute atomic E-state index is 0.358. The van der Waals surface area contributed by atoms with Crippen LogP contribution in [0, 0.1) is 15.2 Å². The summed E-state index contributed by atoms with van der Waals surface area (Å²) in [6.07, 6.45) is 0. The number of alkyl halides is 1. The Morgan fingerprint density at radius 1 is 1.06 bits per heavy atom. The lowest BCUT2D eigenvalue weighted by atomic mass is 10.0. The van der Waals surface area contributed by atoms with E-state index in [1.165, 1.54) is 12.1 Å². The number of halogens is 5. The van der Waals surface area contributed by atoms with Gasteiger partial charge in [-0.05, 0) is 52.4 Å². The molecule has 2 aromatic carbocycles. The largest absolute Gasteiger partial charge is 0.207 e. The predicted octanol–water partition coefficient (Wildman–Crippen LogP) is 5.71. The van der Waals surface area contributed by atoms with Crippen LogP contribution in [0.4, 0.5) is 8.78 Å². The SMILES string of the molecule is Fc1ccc(C(Br)c2cc(Cl)ccc2I)c(F)c1. The van der Waals surface area contributed by atoms with Gasteiger partial charge in [0.05, 0.1) is 4.83 Å². The Hall–Kier alpha value is -0.200. The molecule has 0 aliphatic carbocycles. The van der Waals surface area contributed by atoms with Gasteiger partial charge >= 0.3 is 0 Å². The van der Waals surface area contributed by atoms with Crippen molar-refractivity contribution in [3.8, 4) is 0 Å². The summed E-state index contributed by atoms with van der Waals surface area (Å²) < 4.78 is 27.6. The monoisotopic (exact) mass is 442 g/mol. The molecular formula is C13H7BrClF2I. The zero-order chi connectivity index (χ0) is 13.3. The molecule has 0 saturated carbocycles. The summed E-state index contributed by atoms with van der Waals surface area (Å²) in [4.78, 5) is -0.358. The molecule has 0 radical (unpaired) electrons. The van der Waals surface area contributed by atoms with E-state index in [-0.39, 0.29) is 4.83 Å². The highest BCUT2D eigenvalue weighted by Crippen LogP contribution is 2.36. The lowest BCUT2D eigenvalue weighted by molar-refractivity contribution is 0.574. The fourth-order valence-corrected chi connectivity index (χ4v) is 3.59. The van der Waals surface area contributed by atoms with Gasteiger partial charge in [0.15, 0.2) is 0 Å². The quantitative estimate of drug-likeness (QED) is 0.412. The minimum atomic E-state index is -0.586. The van der Waals surface area contributed by atoms with Crippen LogP contribution in [0.3, 0.4) is 0 Å². The standard InChI is InChI=1S/C13H7BrClF2I/c14-13(9-3-2-8(16)6-11(9)17)10-5-7(15)1-4-12(10)18/h1-6,13H. The second kappa shape index (κ2) is 5.84. The van der Waals surface area contributed by atoms with E-state index in [0.717, 1.165) is 15.2 Å². The van der Waals surface area contributed by atoms with Gasteiger partial charge in [0.1, 0.15) is 11.6 Å². The molecule has 0 N–H and O–H groups in total. The first-order valence-corrected chi connectivity index (χ1v) is 7.40. The Bertz CT molecular complexity index is 589. The molecule has 0 heterocycles. The Labute approximate surface area is 131 Å². The summed E-state index contributed by atoms with van der Waals surface area (Å²) in [5.74, 6) is -1.16. The zero-order valence-corrected chi connectivity index (χ0v) is 13.4. The van der Waals surface area contributed by atoms with Crippen LogP contribution in [0.5, 0.6) is 0 Å². The predicted molar refractivity (Wildman–Crippen MR) is 81.3 cm³/mol. The van der Waals surface area contributed by atoms with Crippen molar-refractivity contribution in [3.05, 3.63) is 67.8 Å². The van der Waals surface area contributed by atoms with Crippen molar-refractivity contribution in [2.24, 2.45) is 0 Å². The van der Waals surface area contributed by atoms with E-state index in [9.17, 15) is 8.78 Å². The van der Waals surface area contributed by atoms with Crippen LogP contribution in [0.25, 0.3) is 0 Å². The molecule has 2 rings (SSSR count). The molecule has 0 spiro atoms. The first-order chi connectivity index (χ1) is 8.49. The molecule has 0 fully saturated rings. The lowest BCUT2D eigenvalue weighted by Gasteiger charge is -2.14. The second-order valence-corrected chi connectivity index (χ2v) is 6.21. The molecule has 0 aliphatic rings. The molecule has 2 aromatic rings. The van der Waals surface area contributed by atoms with Gasteiger partial charge in [0.2, 0.25) is 0 Å².